The molecule has 0 saturated carbocycles. The molecule has 0 unspecified atom stereocenters. The van der Waals surface area contributed by atoms with Crippen molar-refractivity contribution in [2.75, 3.05) is 0 Å². The normalized spacial score (nSPS) is 3.43. The third kappa shape index (κ3) is 317. The van der Waals surface area contributed by atoms with Gasteiger partial charge in [-0.2, -0.15) is 0 Å². The predicted molar refractivity (Wildman–Crippen MR) is 12.3 cm³/mol. The zero-order valence-electron chi connectivity index (χ0n) is 3.47. The van der Waals surface area contributed by atoms with Gasteiger partial charge in [0.05, 0.1) is 5.09 Å². The van der Waals surface area contributed by atoms with Gasteiger partial charge in [0.25, 0.3) is 0 Å². The first-order valence-electron chi connectivity index (χ1n) is 0.548. The van der Waals surface area contributed by atoms with Crippen LogP contribution in [0.15, 0.2) is 0 Å². The zero-order chi connectivity index (χ0) is 3.58. The van der Waals surface area contributed by atoms with Crippen molar-refractivity contribution < 1.29 is 57.2 Å². The minimum Gasteiger partial charge on any atom is -0.870 e. The molecule has 0 aromatic rings. The second-order valence-corrected chi connectivity index (χ2v) is 0.224. The Kier molecular flexibility index (Phi) is 57.5. The molecule has 0 aliphatic carbocycles. The second kappa shape index (κ2) is 15.9. The van der Waals surface area contributed by atoms with E-state index in [9.17, 15) is 0 Å². The van der Waals surface area contributed by atoms with Gasteiger partial charge < -0.3 is 20.8 Å². The van der Waals surface area contributed by atoms with Crippen molar-refractivity contribution in [1.29, 1.82) is 0 Å². The van der Waals surface area contributed by atoms with Crippen molar-refractivity contribution in [2.24, 2.45) is 0 Å². The van der Waals surface area contributed by atoms with Gasteiger partial charge in [0.15, 0.2) is 0 Å². The Bertz CT molecular complexity index is 34.7. The van der Waals surface area contributed by atoms with E-state index < -0.39 is 5.09 Å². The fourth-order valence-electron chi connectivity index (χ4n) is 0. The van der Waals surface area contributed by atoms with Crippen molar-refractivity contribution in [3.05, 3.63) is 15.3 Å². The van der Waals surface area contributed by atoms with Crippen LogP contribution in [0.5, 0.6) is 0 Å². The van der Waals surface area contributed by atoms with Crippen molar-refractivity contribution in [1.82, 2.24) is 0 Å². The van der Waals surface area contributed by atoms with Crippen LogP contribution in [0, 0.1) is 15.3 Å². The molecule has 7 heavy (non-hydrogen) atoms. The van der Waals surface area contributed by atoms with Gasteiger partial charge in [0.1, 0.15) is 0 Å². The van der Waals surface area contributed by atoms with Gasteiger partial charge in [0, 0.05) is 0 Å². The second-order valence-electron chi connectivity index (χ2n) is 0.224. The quantitative estimate of drug-likeness (QED) is 0.208. The third-order valence-electron chi connectivity index (χ3n) is 0. The van der Waals surface area contributed by atoms with Gasteiger partial charge in [-0.25, -0.2) is 0 Å². The van der Waals surface area contributed by atoms with Crippen molar-refractivity contribution in [3.63, 3.8) is 0 Å². The summed E-state index contributed by atoms with van der Waals surface area (Å²) < 4.78 is 0. The summed E-state index contributed by atoms with van der Waals surface area (Å²) in [6.07, 6.45) is 0. The van der Waals surface area contributed by atoms with E-state index in [-0.39, 0.29) is 52.1 Å². The Morgan fingerprint density at radius 1 is 1.29 bits per heavy atom. The molecule has 0 aliphatic heterocycles. The van der Waals surface area contributed by atoms with Crippen LogP contribution in [0.25, 0.3) is 0 Å². The molecule has 7 heteroatoms. The topological polar surface area (TPSA) is 96.2 Å². The van der Waals surface area contributed by atoms with Crippen LogP contribution in [-0.2, 0) is 17.1 Å². The van der Waals surface area contributed by atoms with E-state index in [0.29, 0.717) is 0 Å². The van der Waals surface area contributed by atoms with E-state index in [1.807, 2.05) is 0 Å². The third-order valence-corrected chi connectivity index (χ3v) is 0. The Balaban J connectivity index is -0.0000000150. The summed E-state index contributed by atoms with van der Waals surface area (Å²) in [5.74, 6) is 0. The molecular weight excluding hydrogens is 157 g/mol. The van der Waals surface area contributed by atoms with Crippen LogP contribution in [0.3, 0.4) is 0 Å². The first kappa shape index (κ1) is 25.3. The minimum atomic E-state index is -1.75. The van der Waals surface area contributed by atoms with E-state index >= 15 is 0 Å². The summed E-state index contributed by atoms with van der Waals surface area (Å²) >= 11 is 0. The van der Waals surface area contributed by atoms with Crippen LogP contribution < -0.4 is 29.6 Å². The van der Waals surface area contributed by atoms with Gasteiger partial charge in [-0.05, 0) is 0 Å². The molecule has 0 atom stereocenters. The fourth-order valence-corrected chi connectivity index (χ4v) is 0. The molecule has 0 aliphatic rings. The molecule has 38 valence electrons. The van der Waals surface area contributed by atoms with Gasteiger partial charge in [-0.3, -0.25) is 0 Å². The Morgan fingerprint density at radius 3 is 1.29 bits per heavy atom. The van der Waals surface area contributed by atoms with Crippen LogP contribution >= 0.6 is 0 Å². The Morgan fingerprint density at radius 2 is 1.29 bits per heavy atom. The molecule has 0 heterocycles. The fraction of sp³-hybridized carbons (Fsp3) is 0. The molecule has 0 spiro atoms. The molecule has 0 aromatic heterocycles. The summed E-state index contributed by atoms with van der Waals surface area (Å²) in [5.41, 5.74) is 0. The molecule has 5 nitrogen and oxygen atoms in total. The summed E-state index contributed by atoms with van der Waals surface area (Å²) in [4.78, 5) is 8.25. The van der Waals surface area contributed by atoms with E-state index in [1.54, 1.807) is 0 Å². The average molecular weight is 158 g/mol. The molecule has 0 saturated heterocycles. The largest absolute Gasteiger partial charge is 2.00 e. The van der Waals surface area contributed by atoms with Crippen LogP contribution in [0.2, 0.25) is 0 Å². The molecule has 0 aromatic carbocycles. The molecular formula is HFeNNaO4+. The summed E-state index contributed by atoms with van der Waals surface area (Å²) in [6.45, 7) is 0. The Hall–Kier alpha value is 0.679. The van der Waals surface area contributed by atoms with Gasteiger partial charge >= 0.3 is 46.6 Å². The number of rotatable bonds is 0. The number of hydrogen-bond acceptors (Lipinski definition) is 4. The molecule has 0 rings (SSSR count). The Labute approximate surface area is 72.3 Å². The number of nitrogens with zero attached hydrogens (tertiary/aromatic N) is 1. The zero-order valence-corrected chi connectivity index (χ0v) is 6.58. The SMILES string of the molecule is O=[N+]([O-])[O-].[Fe+2].[Na+].[OH-]. The smallest absolute Gasteiger partial charge is 0.870 e. The minimum absolute atomic E-state index is 0. The molecule has 0 bridgehead atoms. The molecule has 0 fully saturated rings. The van der Waals surface area contributed by atoms with Gasteiger partial charge in [-0.1, -0.05) is 0 Å². The van der Waals surface area contributed by atoms with Crippen LogP contribution in [-0.4, -0.2) is 10.6 Å². The molecule has 0 radical (unpaired) electrons. The average Bonchev–Trinajstić information content (AvgIpc) is 0.811. The maximum atomic E-state index is 8.25. The summed E-state index contributed by atoms with van der Waals surface area (Å²) in [5, 5.41) is 14.8. The van der Waals surface area contributed by atoms with E-state index in [1.165, 1.54) is 0 Å². The monoisotopic (exact) mass is 158 g/mol. The summed E-state index contributed by atoms with van der Waals surface area (Å²) in [6, 6.07) is 0. The van der Waals surface area contributed by atoms with Gasteiger partial charge in [-0.15, -0.1) is 0 Å². The first-order valence-corrected chi connectivity index (χ1v) is 0.548. The standard InChI is InChI=1S/Fe.NO3.Na.H2O/c;2-1(3)4;;/h;;;1H2/q+2;-1;+1;/p-1. The number of hydrogen-bond donors (Lipinski definition) is 0. The first-order chi connectivity index (χ1) is 1.73. The van der Waals surface area contributed by atoms with E-state index in [0.717, 1.165) is 0 Å². The molecule has 1 N–H and O–H groups in total. The van der Waals surface area contributed by atoms with Gasteiger partial charge in [0.2, 0.25) is 0 Å². The molecule has 0 amide bonds. The summed E-state index contributed by atoms with van der Waals surface area (Å²) in [7, 11) is 0. The van der Waals surface area contributed by atoms with Crippen molar-refractivity contribution in [2.45, 2.75) is 0 Å². The van der Waals surface area contributed by atoms with Crippen molar-refractivity contribution >= 4 is 0 Å². The maximum Gasteiger partial charge on any atom is 2.00 e. The van der Waals surface area contributed by atoms with Crippen LogP contribution in [0.1, 0.15) is 0 Å². The van der Waals surface area contributed by atoms with E-state index in [2.05, 4.69) is 0 Å². The van der Waals surface area contributed by atoms with Crippen molar-refractivity contribution in [3.8, 4) is 0 Å². The van der Waals surface area contributed by atoms with Crippen LogP contribution in [0.4, 0.5) is 0 Å². The maximum absolute atomic E-state index is 8.25. The predicted octanol–water partition coefficient (Wildman–Crippen LogP) is -3.41. The van der Waals surface area contributed by atoms with E-state index in [4.69, 9.17) is 15.3 Å².